The minimum atomic E-state index is -0.278. The van der Waals surface area contributed by atoms with Crippen LogP contribution in [0.25, 0.3) is 11.3 Å². The Balaban J connectivity index is 1.71. The summed E-state index contributed by atoms with van der Waals surface area (Å²) >= 11 is 0. The summed E-state index contributed by atoms with van der Waals surface area (Å²) in [6, 6.07) is 16.9. The van der Waals surface area contributed by atoms with Gasteiger partial charge in [0.2, 0.25) is 0 Å². The van der Waals surface area contributed by atoms with Gasteiger partial charge in [0, 0.05) is 36.6 Å². The summed E-state index contributed by atoms with van der Waals surface area (Å²) in [5, 5.41) is 9.73. The molecule has 0 aliphatic heterocycles. The molecule has 4 rings (SSSR count). The first-order chi connectivity index (χ1) is 13.1. The van der Waals surface area contributed by atoms with E-state index in [2.05, 4.69) is 4.98 Å². The molecule has 27 heavy (non-hydrogen) atoms. The van der Waals surface area contributed by atoms with Gasteiger partial charge in [-0.1, -0.05) is 42.5 Å². The maximum absolute atomic E-state index is 12.2. The Bertz CT molecular complexity index is 992. The van der Waals surface area contributed by atoms with Crippen molar-refractivity contribution in [3.63, 3.8) is 0 Å². The number of nitrogens with zero attached hydrogens (tertiary/aromatic N) is 2. The number of rotatable bonds is 5. The van der Waals surface area contributed by atoms with Crippen LogP contribution in [0, 0.1) is 5.92 Å². The summed E-state index contributed by atoms with van der Waals surface area (Å²) in [7, 11) is 0. The van der Waals surface area contributed by atoms with E-state index >= 15 is 0 Å². The molecular weight excluding hydrogens is 340 g/mol. The lowest BCUT2D eigenvalue weighted by molar-refractivity contribution is -0.122. The highest BCUT2D eigenvalue weighted by Gasteiger charge is 2.32. The van der Waals surface area contributed by atoms with E-state index in [0.29, 0.717) is 19.4 Å². The first-order valence-electron chi connectivity index (χ1n) is 9.02. The van der Waals surface area contributed by atoms with Crippen molar-refractivity contribution in [1.29, 1.82) is 0 Å². The molecular formula is C22H20N2O3. The normalized spacial score (nSPS) is 16.8. The monoisotopic (exact) mass is 360 g/mol. The Hall–Kier alpha value is -3.21. The molecule has 1 atom stereocenters. The number of carbonyl (C=O) groups excluding carboxylic acids is 2. The van der Waals surface area contributed by atoms with Gasteiger partial charge in [0.1, 0.15) is 17.3 Å². The molecule has 0 spiro atoms. The molecule has 1 fully saturated rings. The molecule has 0 saturated heterocycles. The lowest BCUT2D eigenvalue weighted by atomic mass is 9.97. The number of carbonyl (C=O) groups is 2. The number of imidazole rings is 1. The highest BCUT2D eigenvalue weighted by Crippen LogP contribution is 2.29. The summed E-state index contributed by atoms with van der Waals surface area (Å²) in [4.78, 5) is 28.5. The van der Waals surface area contributed by atoms with Gasteiger partial charge in [-0.05, 0) is 17.7 Å². The fourth-order valence-corrected chi connectivity index (χ4v) is 3.67. The minimum Gasteiger partial charge on any atom is -0.508 e. The zero-order valence-electron chi connectivity index (χ0n) is 14.8. The highest BCUT2D eigenvalue weighted by molar-refractivity contribution is 6.07. The number of aromatic nitrogens is 2. The third kappa shape index (κ3) is 3.67. The lowest BCUT2D eigenvalue weighted by Crippen LogP contribution is -2.14. The van der Waals surface area contributed by atoms with Crippen molar-refractivity contribution in [2.24, 2.45) is 5.92 Å². The third-order valence-electron chi connectivity index (χ3n) is 5.00. The van der Waals surface area contributed by atoms with E-state index in [1.165, 1.54) is 0 Å². The maximum Gasteiger partial charge on any atom is 0.144 e. The standard InChI is InChI=1S/C22H20N2O3/c25-18-8-4-5-15(9-18)13-24-14-23-22(16-6-2-1-3-7-16)20(24)11-17-10-19(26)12-21(17)27/h1-9,14,17,25H,10-13H2. The molecule has 5 heteroatoms. The summed E-state index contributed by atoms with van der Waals surface area (Å²) < 4.78 is 2.01. The maximum atomic E-state index is 12.2. The van der Waals surface area contributed by atoms with Crippen LogP contribution in [-0.2, 0) is 22.6 Å². The van der Waals surface area contributed by atoms with Crippen LogP contribution in [0.5, 0.6) is 5.75 Å². The average molecular weight is 360 g/mol. The number of ketones is 2. The Morgan fingerprint density at radius 2 is 1.89 bits per heavy atom. The fourth-order valence-electron chi connectivity index (χ4n) is 3.67. The van der Waals surface area contributed by atoms with Crippen LogP contribution in [0.3, 0.4) is 0 Å². The fraction of sp³-hybridized carbons (Fsp3) is 0.227. The number of benzene rings is 2. The van der Waals surface area contributed by atoms with Crippen molar-refractivity contribution in [3.8, 4) is 17.0 Å². The van der Waals surface area contributed by atoms with E-state index in [1.54, 1.807) is 24.5 Å². The van der Waals surface area contributed by atoms with Gasteiger partial charge >= 0.3 is 0 Å². The van der Waals surface area contributed by atoms with Crippen molar-refractivity contribution in [2.75, 3.05) is 0 Å². The summed E-state index contributed by atoms with van der Waals surface area (Å²) in [6.07, 6.45) is 2.62. The average Bonchev–Trinajstić information content (AvgIpc) is 3.19. The molecule has 0 radical (unpaired) electrons. The van der Waals surface area contributed by atoms with Crippen molar-refractivity contribution in [2.45, 2.75) is 25.8 Å². The van der Waals surface area contributed by atoms with Crippen molar-refractivity contribution in [3.05, 3.63) is 72.2 Å². The van der Waals surface area contributed by atoms with Crippen molar-refractivity contribution in [1.82, 2.24) is 9.55 Å². The Morgan fingerprint density at radius 3 is 2.59 bits per heavy atom. The zero-order valence-corrected chi connectivity index (χ0v) is 14.8. The first-order valence-corrected chi connectivity index (χ1v) is 9.02. The molecule has 5 nitrogen and oxygen atoms in total. The van der Waals surface area contributed by atoms with Gasteiger partial charge in [-0.15, -0.1) is 0 Å². The largest absolute Gasteiger partial charge is 0.508 e. The molecule has 136 valence electrons. The molecule has 2 aromatic carbocycles. The minimum absolute atomic E-state index is 0.0177. The summed E-state index contributed by atoms with van der Waals surface area (Å²) in [5.74, 6) is -0.0250. The second-order valence-corrected chi connectivity index (χ2v) is 6.99. The van der Waals surface area contributed by atoms with E-state index in [1.807, 2.05) is 41.0 Å². The molecule has 1 saturated carbocycles. The van der Waals surface area contributed by atoms with E-state index in [4.69, 9.17) is 0 Å². The molecule has 3 aromatic rings. The van der Waals surface area contributed by atoms with Crippen LogP contribution in [0.1, 0.15) is 24.1 Å². The second-order valence-electron chi connectivity index (χ2n) is 6.99. The van der Waals surface area contributed by atoms with Crippen LogP contribution < -0.4 is 0 Å². The number of Topliss-reactive ketones (excluding diaryl/α,β-unsaturated/α-hetero) is 2. The molecule has 1 aliphatic rings. The number of aromatic hydroxyl groups is 1. The quantitative estimate of drug-likeness (QED) is 0.708. The van der Waals surface area contributed by atoms with Gasteiger partial charge in [-0.3, -0.25) is 9.59 Å². The predicted molar refractivity (Wildman–Crippen MR) is 101 cm³/mol. The van der Waals surface area contributed by atoms with Crippen LogP contribution in [-0.4, -0.2) is 26.2 Å². The Labute approximate surface area is 157 Å². The zero-order chi connectivity index (χ0) is 18.8. The molecule has 1 unspecified atom stereocenters. The molecule has 0 amide bonds. The molecule has 1 aliphatic carbocycles. The Kier molecular flexibility index (Phi) is 4.59. The van der Waals surface area contributed by atoms with E-state index < -0.39 is 0 Å². The van der Waals surface area contributed by atoms with Gasteiger partial charge in [-0.2, -0.15) is 0 Å². The van der Waals surface area contributed by atoms with Gasteiger partial charge in [0.25, 0.3) is 0 Å². The summed E-state index contributed by atoms with van der Waals surface area (Å²) in [6.45, 7) is 0.540. The van der Waals surface area contributed by atoms with Gasteiger partial charge < -0.3 is 9.67 Å². The topological polar surface area (TPSA) is 72.2 Å². The van der Waals surface area contributed by atoms with Crippen molar-refractivity contribution < 1.29 is 14.7 Å². The number of phenols is 1. The second kappa shape index (κ2) is 7.19. The summed E-state index contributed by atoms with van der Waals surface area (Å²) in [5.41, 5.74) is 3.71. The molecule has 1 N–H and O–H groups in total. The van der Waals surface area contributed by atoms with E-state index in [-0.39, 0.29) is 29.7 Å². The van der Waals surface area contributed by atoms with Crippen LogP contribution in [0.2, 0.25) is 0 Å². The SMILES string of the molecule is O=C1CC(=O)C(Cc2c(-c3ccccc3)ncn2Cc2cccc(O)c2)C1. The van der Waals surface area contributed by atoms with Crippen LogP contribution >= 0.6 is 0 Å². The molecule has 0 bridgehead atoms. The Morgan fingerprint density at radius 1 is 1.07 bits per heavy atom. The molecule has 1 aromatic heterocycles. The highest BCUT2D eigenvalue weighted by atomic mass is 16.3. The lowest BCUT2D eigenvalue weighted by Gasteiger charge is -2.14. The number of hydrogen-bond donors (Lipinski definition) is 1. The predicted octanol–water partition coefficient (Wildman–Crippen LogP) is 3.39. The van der Waals surface area contributed by atoms with Crippen LogP contribution in [0.15, 0.2) is 60.9 Å². The van der Waals surface area contributed by atoms with Gasteiger partial charge in [0.15, 0.2) is 0 Å². The van der Waals surface area contributed by atoms with Crippen molar-refractivity contribution >= 4 is 11.6 Å². The number of hydrogen-bond acceptors (Lipinski definition) is 4. The third-order valence-corrected chi connectivity index (χ3v) is 5.00. The van der Waals surface area contributed by atoms with E-state index in [0.717, 1.165) is 22.5 Å². The van der Waals surface area contributed by atoms with E-state index in [9.17, 15) is 14.7 Å². The van der Waals surface area contributed by atoms with Gasteiger partial charge in [-0.25, -0.2) is 4.98 Å². The number of phenolic OH excluding ortho intramolecular Hbond substituents is 1. The van der Waals surface area contributed by atoms with Gasteiger partial charge in [0.05, 0.1) is 18.4 Å². The molecule has 1 heterocycles. The smallest absolute Gasteiger partial charge is 0.144 e. The first kappa shape index (κ1) is 17.2. The van der Waals surface area contributed by atoms with Crippen LogP contribution in [0.4, 0.5) is 0 Å².